The zero-order chi connectivity index (χ0) is 14.7. The Morgan fingerprint density at radius 3 is 2.24 bits per heavy atom. The van der Waals surface area contributed by atoms with Crippen molar-refractivity contribution in [1.82, 2.24) is 9.97 Å². The summed E-state index contributed by atoms with van der Waals surface area (Å²) in [5, 5.41) is 12.4. The molecule has 0 aliphatic rings. The van der Waals surface area contributed by atoms with E-state index < -0.39 is 0 Å². The number of aromatic hydroxyl groups is 1. The second-order valence-corrected chi connectivity index (χ2v) is 4.62. The van der Waals surface area contributed by atoms with E-state index in [1.54, 1.807) is 24.3 Å². The van der Waals surface area contributed by atoms with E-state index in [2.05, 4.69) is 15.3 Å². The molecule has 0 aliphatic heterocycles. The highest BCUT2D eigenvalue weighted by Crippen LogP contribution is 2.25. The minimum atomic E-state index is 0.229. The van der Waals surface area contributed by atoms with Gasteiger partial charge >= 0.3 is 0 Å². The smallest absolute Gasteiger partial charge is 0.162 e. The van der Waals surface area contributed by atoms with Gasteiger partial charge in [-0.15, -0.1) is 0 Å². The first-order valence-electron chi connectivity index (χ1n) is 6.68. The van der Waals surface area contributed by atoms with E-state index in [-0.39, 0.29) is 5.75 Å². The Kier molecular flexibility index (Phi) is 3.51. The number of rotatable bonds is 3. The largest absolute Gasteiger partial charge is 0.508 e. The zero-order valence-electron chi connectivity index (χ0n) is 11.6. The fourth-order valence-electron chi connectivity index (χ4n) is 2.07. The highest BCUT2D eigenvalue weighted by molar-refractivity contribution is 5.67. The first-order chi connectivity index (χ1) is 10.3. The Hall–Kier alpha value is -2.88. The number of phenolic OH excluding ortho intramolecular Hbond substituents is 1. The van der Waals surface area contributed by atoms with Crippen molar-refractivity contribution < 1.29 is 5.11 Å². The maximum atomic E-state index is 9.38. The first kappa shape index (κ1) is 13.1. The highest BCUT2D eigenvalue weighted by atomic mass is 16.3. The second-order valence-electron chi connectivity index (χ2n) is 4.62. The minimum absolute atomic E-state index is 0.229. The molecule has 4 nitrogen and oxygen atoms in total. The molecule has 2 aromatic carbocycles. The summed E-state index contributed by atoms with van der Waals surface area (Å²) < 4.78 is 0. The van der Waals surface area contributed by atoms with Crippen LogP contribution in [0.1, 0.15) is 0 Å². The van der Waals surface area contributed by atoms with Gasteiger partial charge in [-0.1, -0.05) is 30.3 Å². The Bertz CT molecular complexity index is 740. The number of hydrogen-bond donors (Lipinski definition) is 2. The van der Waals surface area contributed by atoms with Gasteiger partial charge in [-0.05, 0) is 24.3 Å². The van der Waals surface area contributed by atoms with Gasteiger partial charge in [0.1, 0.15) is 11.6 Å². The Labute approximate surface area is 123 Å². The molecule has 0 radical (unpaired) electrons. The monoisotopic (exact) mass is 277 g/mol. The average Bonchev–Trinajstić information content (AvgIpc) is 2.56. The fraction of sp³-hybridized carbons (Fsp3) is 0.0588. The third-order valence-electron chi connectivity index (χ3n) is 3.18. The van der Waals surface area contributed by atoms with Crippen LogP contribution in [0, 0.1) is 0 Å². The molecule has 2 N–H and O–H groups in total. The van der Waals surface area contributed by atoms with Crippen LogP contribution in [0.4, 0.5) is 5.82 Å². The van der Waals surface area contributed by atoms with Crippen LogP contribution in [0.3, 0.4) is 0 Å². The third-order valence-corrected chi connectivity index (χ3v) is 3.18. The van der Waals surface area contributed by atoms with Crippen molar-refractivity contribution in [3.05, 3.63) is 60.7 Å². The average molecular weight is 277 g/mol. The van der Waals surface area contributed by atoms with Crippen LogP contribution in [-0.4, -0.2) is 22.1 Å². The van der Waals surface area contributed by atoms with Gasteiger partial charge in [-0.2, -0.15) is 0 Å². The number of nitrogens with zero attached hydrogens (tertiary/aromatic N) is 2. The summed E-state index contributed by atoms with van der Waals surface area (Å²) in [5.41, 5.74) is 2.76. The zero-order valence-corrected chi connectivity index (χ0v) is 11.6. The lowest BCUT2D eigenvalue weighted by atomic mass is 10.1. The molecule has 3 rings (SSSR count). The molecule has 0 bridgehead atoms. The van der Waals surface area contributed by atoms with Gasteiger partial charge in [0.15, 0.2) is 5.82 Å². The molecule has 104 valence electrons. The van der Waals surface area contributed by atoms with Gasteiger partial charge < -0.3 is 10.4 Å². The predicted octanol–water partition coefficient (Wildman–Crippen LogP) is 3.56. The van der Waals surface area contributed by atoms with Crippen LogP contribution >= 0.6 is 0 Å². The van der Waals surface area contributed by atoms with Crippen LogP contribution in [0.25, 0.3) is 22.6 Å². The predicted molar refractivity (Wildman–Crippen MR) is 84.1 cm³/mol. The van der Waals surface area contributed by atoms with Gasteiger partial charge in [0.2, 0.25) is 0 Å². The Morgan fingerprint density at radius 2 is 1.57 bits per heavy atom. The van der Waals surface area contributed by atoms with Crippen LogP contribution in [0.15, 0.2) is 60.7 Å². The number of hydrogen-bond acceptors (Lipinski definition) is 4. The van der Waals surface area contributed by atoms with Gasteiger partial charge in [0, 0.05) is 24.2 Å². The molecular weight excluding hydrogens is 262 g/mol. The molecule has 0 saturated heterocycles. The van der Waals surface area contributed by atoms with E-state index in [9.17, 15) is 5.11 Å². The lowest BCUT2D eigenvalue weighted by Gasteiger charge is -2.08. The summed E-state index contributed by atoms with van der Waals surface area (Å²) in [4.78, 5) is 9.09. The van der Waals surface area contributed by atoms with E-state index in [0.717, 1.165) is 22.6 Å². The maximum Gasteiger partial charge on any atom is 0.162 e. The molecule has 0 atom stereocenters. The number of phenols is 1. The summed E-state index contributed by atoms with van der Waals surface area (Å²) >= 11 is 0. The van der Waals surface area contributed by atoms with E-state index >= 15 is 0 Å². The van der Waals surface area contributed by atoms with E-state index in [4.69, 9.17) is 0 Å². The quantitative estimate of drug-likeness (QED) is 0.768. The Balaban J connectivity index is 2.11. The molecule has 0 saturated carbocycles. The summed E-state index contributed by atoms with van der Waals surface area (Å²) in [7, 11) is 1.83. The molecule has 0 unspecified atom stereocenters. The molecule has 0 fully saturated rings. The van der Waals surface area contributed by atoms with Gasteiger partial charge in [0.25, 0.3) is 0 Å². The normalized spacial score (nSPS) is 10.3. The van der Waals surface area contributed by atoms with Gasteiger partial charge in [-0.25, -0.2) is 9.97 Å². The highest BCUT2D eigenvalue weighted by Gasteiger charge is 2.08. The number of anilines is 1. The van der Waals surface area contributed by atoms with Crippen molar-refractivity contribution in [3.63, 3.8) is 0 Å². The number of aromatic nitrogens is 2. The van der Waals surface area contributed by atoms with Gasteiger partial charge in [0.05, 0.1) is 5.69 Å². The molecule has 1 heterocycles. The van der Waals surface area contributed by atoms with Crippen LogP contribution in [0.5, 0.6) is 5.75 Å². The number of nitrogens with one attached hydrogen (secondary N) is 1. The van der Waals surface area contributed by atoms with E-state index in [1.165, 1.54) is 0 Å². The van der Waals surface area contributed by atoms with E-state index in [0.29, 0.717) is 5.82 Å². The number of benzene rings is 2. The van der Waals surface area contributed by atoms with Crippen molar-refractivity contribution in [2.75, 3.05) is 12.4 Å². The van der Waals surface area contributed by atoms with Crippen molar-refractivity contribution in [2.45, 2.75) is 0 Å². The van der Waals surface area contributed by atoms with Gasteiger partial charge in [-0.3, -0.25) is 0 Å². The first-order valence-corrected chi connectivity index (χ1v) is 6.68. The van der Waals surface area contributed by atoms with Crippen LogP contribution in [-0.2, 0) is 0 Å². The van der Waals surface area contributed by atoms with Crippen LogP contribution in [0.2, 0.25) is 0 Å². The van der Waals surface area contributed by atoms with E-state index in [1.807, 2.05) is 43.4 Å². The summed E-state index contributed by atoms with van der Waals surface area (Å²) in [6.45, 7) is 0. The van der Waals surface area contributed by atoms with Crippen molar-refractivity contribution in [2.24, 2.45) is 0 Å². The maximum absolute atomic E-state index is 9.38. The lowest BCUT2D eigenvalue weighted by molar-refractivity contribution is 0.475. The Morgan fingerprint density at radius 1 is 0.857 bits per heavy atom. The molecule has 0 spiro atoms. The van der Waals surface area contributed by atoms with Crippen molar-refractivity contribution in [1.29, 1.82) is 0 Å². The van der Waals surface area contributed by atoms with Crippen molar-refractivity contribution >= 4 is 5.82 Å². The summed E-state index contributed by atoms with van der Waals surface area (Å²) in [6, 6.07) is 18.8. The molecule has 21 heavy (non-hydrogen) atoms. The summed E-state index contributed by atoms with van der Waals surface area (Å²) in [5.74, 6) is 1.61. The SMILES string of the molecule is CNc1cc(-c2ccccc2)nc(-c2ccc(O)cc2)n1. The van der Waals surface area contributed by atoms with Crippen LogP contribution < -0.4 is 5.32 Å². The van der Waals surface area contributed by atoms with Crippen molar-refractivity contribution in [3.8, 4) is 28.4 Å². The second kappa shape index (κ2) is 5.63. The molecule has 1 aromatic heterocycles. The standard InChI is InChI=1S/C17H15N3O/c1-18-16-11-15(12-5-3-2-4-6-12)19-17(20-16)13-7-9-14(21)10-8-13/h2-11,21H,1H3,(H,18,19,20). The molecule has 0 aliphatic carbocycles. The molecular formula is C17H15N3O. The third kappa shape index (κ3) is 2.84. The topological polar surface area (TPSA) is 58.0 Å². The molecule has 0 amide bonds. The lowest BCUT2D eigenvalue weighted by Crippen LogP contribution is -1.98. The summed E-state index contributed by atoms with van der Waals surface area (Å²) in [6.07, 6.45) is 0. The fourth-order valence-corrected chi connectivity index (χ4v) is 2.07. The molecule has 4 heteroatoms. The molecule has 3 aromatic rings. The minimum Gasteiger partial charge on any atom is -0.508 e.